The van der Waals surface area contributed by atoms with Crippen LogP contribution in [-0.4, -0.2) is 61.9 Å². The fourth-order valence-corrected chi connectivity index (χ4v) is 4.94. The molecule has 27 heavy (non-hydrogen) atoms. The molecule has 2 aliphatic heterocycles. The van der Waals surface area contributed by atoms with Crippen molar-refractivity contribution in [2.24, 2.45) is 11.8 Å². The summed E-state index contributed by atoms with van der Waals surface area (Å²) in [6.07, 6.45) is 3.15. The highest BCUT2D eigenvalue weighted by Gasteiger charge is 2.41. The number of ether oxygens (including phenoxy) is 1. The number of aliphatic hydroxyl groups excluding tert-OH is 2. The lowest BCUT2D eigenvalue weighted by atomic mass is 10.0. The second kappa shape index (κ2) is 6.41. The molecule has 0 amide bonds. The van der Waals surface area contributed by atoms with Crippen molar-refractivity contribution in [3.8, 4) is 0 Å². The molecule has 0 spiro atoms. The Morgan fingerprint density at radius 1 is 1.26 bits per heavy atom. The first-order valence-corrected chi connectivity index (χ1v) is 9.73. The van der Waals surface area contributed by atoms with Crippen molar-refractivity contribution < 1.29 is 14.9 Å². The standard InChI is InChI=1S/C18H22ClN5O3/c1-9-13(8-25)27-17(14(9)26)24-16-12(5-20-24)15(21-18(19)22-16)23-6-10-3-2-4-11(10)7-23/h5,10-11,13-14,17,25-26H,1-4,6-8H2/t10-,11+,13-,14-,17+/m1/s1. The molecule has 4 heterocycles. The number of hydrogen-bond donors (Lipinski definition) is 2. The molecule has 0 radical (unpaired) electrons. The minimum absolute atomic E-state index is 0.140. The quantitative estimate of drug-likeness (QED) is 0.604. The summed E-state index contributed by atoms with van der Waals surface area (Å²) in [6.45, 7) is 5.52. The van der Waals surface area contributed by atoms with Gasteiger partial charge in [0.25, 0.3) is 0 Å². The number of fused-ring (bicyclic) bond motifs is 2. The van der Waals surface area contributed by atoms with Crippen molar-refractivity contribution in [2.75, 3.05) is 24.6 Å². The summed E-state index contributed by atoms with van der Waals surface area (Å²) in [4.78, 5) is 11.1. The van der Waals surface area contributed by atoms with E-state index in [1.54, 1.807) is 6.20 Å². The number of halogens is 1. The molecule has 2 aromatic heterocycles. The van der Waals surface area contributed by atoms with E-state index in [1.807, 2.05) is 0 Å². The molecule has 2 aromatic rings. The highest BCUT2D eigenvalue weighted by atomic mass is 35.5. The number of aromatic nitrogens is 4. The molecule has 2 saturated heterocycles. The predicted molar refractivity (Wildman–Crippen MR) is 99.5 cm³/mol. The molecular weight excluding hydrogens is 370 g/mol. The topological polar surface area (TPSA) is 96.5 Å². The smallest absolute Gasteiger partial charge is 0.226 e. The Labute approximate surface area is 161 Å². The van der Waals surface area contributed by atoms with Crippen molar-refractivity contribution >= 4 is 28.5 Å². The van der Waals surface area contributed by atoms with E-state index < -0.39 is 18.4 Å². The van der Waals surface area contributed by atoms with Gasteiger partial charge in [0.1, 0.15) is 18.0 Å². The van der Waals surface area contributed by atoms with Gasteiger partial charge >= 0.3 is 0 Å². The second-order valence-electron chi connectivity index (χ2n) is 7.72. The summed E-state index contributed by atoms with van der Waals surface area (Å²) in [5, 5.41) is 25.2. The number of rotatable bonds is 3. The number of anilines is 1. The van der Waals surface area contributed by atoms with Crippen LogP contribution < -0.4 is 4.90 Å². The van der Waals surface area contributed by atoms with Gasteiger partial charge in [0.05, 0.1) is 18.2 Å². The Kier molecular flexibility index (Phi) is 4.12. The lowest BCUT2D eigenvalue weighted by Gasteiger charge is -2.20. The fraction of sp³-hybridized carbons (Fsp3) is 0.611. The summed E-state index contributed by atoms with van der Waals surface area (Å²) in [5.74, 6) is 2.23. The van der Waals surface area contributed by atoms with Gasteiger partial charge in [-0.05, 0) is 41.9 Å². The molecule has 1 saturated carbocycles. The summed E-state index contributed by atoms with van der Waals surface area (Å²) in [5.41, 5.74) is 0.941. The van der Waals surface area contributed by atoms with Crippen LogP contribution in [-0.2, 0) is 4.74 Å². The third-order valence-corrected chi connectivity index (χ3v) is 6.38. The zero-order chi connectivity index (χ0) is 18.7. The first-order valence-electron chi connectivity index (χ1n) is 9.35. The summed E-state index contributed by atoms with van der Waals surface area (Å²) in [6, 6.07) is 0. The minimum atomic E-state index is -0.978. The Morgan fingerprint density at radius 3 is 2.67 bits per heavy atom. The Bertz CT molecular complexity index is 890. The molecule has 3 fully saturated rings. The highest BCUT2D eigenvalue weighted by Crippen LogP contribution is 2.41. The van der Waals surface area contributed by atoms with Crippen molar-refractivity contribution in [1.29, 1.82) is 0 Å². The van der Waals surface area contributed by atoms with Crippen molar-refractivity contribution in [3.05, 3.63) is 23.6 Å². The van der Waals surface area contributed by atoms with Crippen molar-refractivity contribution in [3.63, 3.8) is 0 Å². The summed E-state index contributed by atoms with van der Waals surface area (Å²) >= 11 is 6.23. The van der Waals surface area contributed by atoms with Crippen LogP contribution in [0.5, 0.6) is 0 Å². The van der Waals surface area contributed by atoms with Crippen LogP contribution in [0, 0.1) is 11.8 Å². The van der Waals surface area contributed by atoms with E-state index in [2.05, 4.69) is 26.5 Å². The maximum atomic E-state index is 10.5. The maximum absolute atomic E-state index is 10.5. The zero-order valence-electron chi connectivity index (χ0n) is 14.8. The van der Waals surface area contributed by atoms with E-state index in [4.69, 9.17) is 16.3 Å². The maximum Gasteiger partial charge on any atom is 0.226 e. The van der Waals surface area contributed by atoms with Gasteiger partial charge in [-0.15, -0.1) is 0 Å². The highest BCUT2D eigenvalue weighted by molar-refractivity contribution is 6.28. The van der Waals surface area contributed by atoms with Crippen molar-refractivity contribution in [1.82, 2.24) is 19.7 Å². The van der Waals surface area contributed by atoms with Crippen LogP contribution in [0.25, 0.3) is 11.0 Å². The van der Waals surface area contributed by atoms with Crippen LogP contribution in [0.4, 0.5) is 5.82 Å². The van der Waals surface area contributed by atoms with Gasteiger partial charge in [0.15, 0.2) is 11.9 Å². The van der Waals surface area contributed by atoms with Crippen LogP contribution in [0.3, 0.4) is 0 Å². The van der Waals surface area contributed by atoms with E-state index in [-0.39, 0.29) is 11.9 Å². The van der Waals surface area contributed by atoms with Gasteiger partial charge in [-0.1, -0.05) is 13.0 Å². The van der Waals surface area contributed by atoms with E-state index in [0.29, 0.717) is 11.2 Å². The fourth-order valence-electron chi connectivity index (χ4n) is 4.78. The molecule has 0 aromatic carbocycles. The lowest BCUT2D eigenvalue weighted by molar-refractivity contribution is -0.0545. The lowest BCUT2D eigenvalue weighted by Crippen LogP contribution is -2.23. The molecule has 5 atom stereocenters. The van der Waals surface area contributed by atoms with Gasteiger partial charge in [-0.25, -0.2) is 4.68 Å². The molecule has 2 N–H and O–H groups in total. The molecule has 5 rings (SSSR count). The second-order valence-corrected chi connectivity index (χ2v) is 8.05. The molecular formula is C18H22ClN5O3. The Balaban J connectivity index is 1.54. The van der Waals surface area contributed by atoms with E-state index in [0.717, 1.165) is 36.1 Å². The first kappa shape index (κ1) is 17.4. The van der Waals surface area contributed by atoms with Gasteiger partial charge in [0.2, 0.25) is 5.28 Å². The molecule has 144 valence electrons. The number of hydrogen-bond acceptors (Lipinski definition) is 7. The summed E-state index contributed by atoms with van der Waals surface area (Å²) < 4.78 is 7.25. The third-order valence-electron chi connectivity index (χ3n) is 6.21. The van der Waals surface area contributed by atoms with Crippen molar-refractivity contribution in [2.45, 2.75) is 37.7 Å². The average Bonchev–Trinajstić information content (AvgIpc) is 3.39. The predicted octanol–water partition coefficient (Wildman–Crippen LogP) is 1.52. The Morgan fingerprint density at radius 2 is 2.00 bits per heavy atom. The molecule has 0 unspecified atom stereocenters. The minimum Gasteiger partial charge on any atom is -0.393 e. The number of nitrogens with zero attached hydrogens (tertiary/aromatic N) is 5. The molecule has 8 nitrogen and oxygen atoms in total. The largest absolute Gasteiger partial charge is 0.393 e. The normalized spacial score (nSPS) is 33.4. The molecule has 9 heteroatoms. The molecule has 3 aliphatic rings. The Hall–Kier alpha value is -1.74. The van der Waals surface area contributed by atoms with E-state index >= 15 is 0 Å². The van der Waals surface area contributed by atoms with Gasteiger partial charge < -0.3 is 19.8 Å². The van der Waals surface area contributed by atoms with Crippen LogP contribution >= 0.6 is 11.6 Å². The zero-order valence-corrected chi connectivity index (χ0v) is 15.6. The van der Waals surface area contributed by atoms with E-state index in [9.17, 15) is 10.2 Å². The van der Waals surface area contributed by atoms with Gasteiger partial charge in [-0.3, -0.25) is 0 Å². The number of aliphatic hydroxyl groups is 2. The molecule has 1 aliphatic carbocycles. The average molecular weight is 392 g/mol. The van der Waals surface area contributed by atoms with E-state index in [1.165, 1.54) is 23.9 Å². The van der Waals surface area contributed by atoms with Gasteiger partial charge in [0, 0.05) is 13.1 Å². The summed E-state index contributed by atoms with van der Waals surface area (Å²) in [7, 11) is 0. The van der Waals surface area contributed by atoms with Crippen LogP contribution in [0.15, 0.2) is 18.3 Å². The van der Waals surface area contributed by atoms with Gasteiger partial charge in [-0.2, -0.15) is 15.1 Å². The van der Waals surface area contributed by atoms with Crippen LogP contribution in [0.2, 0.25) is 5.28 Å². The first-order chi connectivity index (χ1) is 13.1. The SMILES string of the molecule is C=C1[C@@H](O)[C@@H](n2ncc3c(N4C[C@H]5CCC[C@H]5C4)nc(Cl)nc32)O[C@@H]1CO. The third kappa shape index (κ3) is 2.66. The monoisotopic (exact) mass is 391 g/mol. The van der Waals surface area contributed by atoms with Crippen LogP contribution in [0.1, 0.15) is 25.5 Å². The molecule has 0 bridgehead atoms.